The van der Waals surface area contributed by atoms with E-state index >= 15 is 0 Å². The Kier molecular flexibility index (Phi) is 3.25. The minimum absolute atomic E-state index is 0.176. The predicted octanol–water partition coefficient (Wildman–Crippen LogP) is 3.44. The van der Waals surface area contributed by atoms with Crippen LogP contribution in [0.5, 0.6) is 0 Å². The predicted molar refractivity (Wildman–Crippen MR) is 80.6 cm³/mol. The molecular formula is C6H16Cl6N2Si2. The van der Waals surface area contributed by atoms with Crippen LogP contribution in [0, 0.1) is 0 Å². The van der Waals surface area contributed by atoms with Crippen LogP contribution >= 0.6 is 66.5 Å². The first-order chi connectivity index (χ1) is 6.54. The van der Waals surface area contributed by atoms with E-state index < -0.39 is 9.92 Å². The summed E-state index contributed by atoms with van der Waals surface area (Å²) in [5.41, 5.74) is -3.56. The minimum atomic E-state index is -4.98. The van der Waals surface area contributed by atoms with Crippen molar-refractivity contribution in [2.45, 2.75) is 0 Å². The first-order valence-electron chi connectivity index (χ1n) is 4.75. The second-order valence-electron chi connectivity index (χ2n) is 5.64. The zero-order valence-corrected chi connectivity index (χ0v) is 16.1. The molecule has 0 N–H and O–H groups in total. The molecule has 0 unspecified atom stereocenters. The molecule has 0 atom stereocenters. The standard InChI is InChI=1S/C6H16Cl6N2Si2/c1-13(2)5-6-14(3,4)16(13,10,11,12)15(7,8)9/h5-6H2,1-4H3. The molecule has 0 radical (unpaired) electrons. The number of nitrogens with zero attached hydrogens (tertiary/aromatic N) is 2. The molecule has 0 aliphatic carbocycles. The molecule has 16 heavy (non-hydrogen) atoms. The van der Waals surface area contributed by atoms with Crippen molar-refractivity contribution >= 4 is 76.4 Å². The van der Waals surface area contributed by atoms with Crippen molar-refractivity contribution in [2.24, 2.45) is 0 Å². The maximum absolute atomic E-state index is 6.84. The van der Waals surface area contributed by atoms with Crippen LogP contribution in [0.3, 0.4) is 0 Å². The summed E-state index contributed by atoms with van der Waals surface area (Å²) in [6, 6.07) is 0. The molecule has 2 nitrogen and oxygen atoms in total. The molecule has 10 heteroatoms. The Bertz CT molecular complexity index is 330. The van der Waals surface area contributed by atoms with E-state index in [0.717, 1.165) is 0 Å². The van der Waals surface area contributed by atoms with E-state index in [0.29, 0.717) is 13.1 Å². The second kappa shape index (κ2) is 3.22. The number of quaternary nitrogens is 2. The van der Waals surface area contributed by atoms with Gasteiger partial charge in [0.1, 0.15) is 0 Å². The summed E-state index contributed by atoms with van der Waals surface area (Å²) in [6.45, 7) is 1.38. The molecule has 0 spiro atoms. The third kappa shape index (κ3) is 1.25. The Morgan fingerprint density at radius 1 is 0.812 bits per heavy atom. The van der Waals surface area contributed by atoms with E-state index in [1.807, 2.05) is 28.2 Å². The summed E-state index contributed by atoms with van der Waals surface area (Å²) in [5.74, 6) is 0. The van der Waals surface area contributed by atoms with Gasteiger partial charge >= 0.3 is 126 Å². The number of hydrogen-bond donors (Lipinski definition) is 0. The van der Waals surface area contributed by atoms with Crippen molar-refractivity contribution in [3.8, 4) is 0 Å². The summed E-state index contributed by atoms with van der Waals surface area (Å²) in [6.07, 6.45) is 0. The van der Waals surface area contributed by atoms with E-state index in [2.05, 4.69) is 0 Å². The Labute approximate surface area is 125 Å². The number of halogens is 6. The fourth-order valence-corrected chi connectivity index (χ4v) is 25.0. The zero-order chi connectivity index (χ0) is 13.3. The van der Waals surface area contributed by atoms with Crippen LogP contribution < -0.4 is 0 Å². The van der Waals surface area contributed by atoms with Gasteiger partial charge in [0.25, 0.3) is 0 Å². The Morgan fingerprint density at radius 3 is 1.19 bits per heavy atom. The van der Waals surface area contributed by atoms with Crippen molar-refractivity contribution in [3.63, 3.8) is 0 Å². The van der Waals surface area contributed by atoms with Crippen molar-refractivity contribution in [2.75, 3.05) is 41.3 Å². The van der Waals surface area contributed by atoms with E-state index in [1.165, 1.54) is 0 Å². The van der Waals surface area contributed by atoms with Crippen LogP contribution in [0.4, 0.5) is 0 Å². The van der Waals surface area contributed by atoms with Crippen molar-refractivity contribution in [3.05, 3.63) is 0 Å². The quantitative estimate of drug-likeness (QED) is 0.479. The first kappa shape index (κ1) is 16.1. The summed E-state index contributed by atoms with van der Waals surface area (Å²) >= 11 is 39.2. The van der Waals surface area contributed by atoms with Gasteiger partial charge < -0.3 is 0 Å². The fraction of sp³-hybridized carbons (Fsp3) is 1.00. The summed E-state index contributed by atoms with van der Waals surface area (Å²) in [4.78, 5) is 0. The van der Waals surface area contributed by atoms with Gasteiger partial charge in [-0.05, 0) is 0 Å². The van der Waals surface area contributed by atoms with Crippen LogP contribution in [0.1, 0.15) is 0 Å². The van der Waals surface area contributed by atoms with Crippen LogP contribution in [-0.4, -0.2) is 59.5 Å². The fourth-order valence-electron chi connectivity index (χ4n) is 2.38. The third-order valence-electron chi connectivity index (χ3n) is 4.31. The summed E-state index contributed by atoms with van der Waals surface area (Å²) in [7, 11) is 7.39. The van der Waals surface area contributed by atoms with E-state index in [4.69, 9.17) is 66.5 Å². The molecule has 0 aromatic rings. The van der Waals surface area contributed by atoms with Gasteiger partial charge in [-0.2, -0.15) is 0 Å². The molecule has 1 rings (SSSR count). The van der Waals surface area contributed by atoms with E-state index in [-0.39, 0.29) is 8.30 Å². The van der Waals surface area contributed by atoms with Gasteiger partial charge in [0.15, 0.2) is 0 Å². The van der Waals surface area contributed by atoms with Gasteiger partial charge in [-0.1, -0.05) is 0 Å². The third-order valence-corrected chi connectivity index (χ3v) is 54.0. The molecule has 1 aliphatic rings. The van der Waals surface area contributed by atoms with E-state index in [1.54, 1.807) is 0 Å². The average molecular weight is 385 g/mol. The van der Waals surface area contributed by atoms with Gasteiger partial charge in [0.2, 0.25) is 0 Å². The first-order valence-corrected chi connectivity index (χ1v) is 16.7. The van der Waals surface area contributed by atoms with Crippen LogP contribution in [0.15, 0.2) is 0 Å². The van der Waals surface area contributed by atoms with E-state index in [9.17, 15) is 0 Å². The molecular weight excluding hydrogens is 369 g/mol. The summed E-state index contributed by atoms with van der Waals surface area (Å²) in [5, 5.41) is 0. The van der Waals surface area contributed by atoms with Crippen LogP contribution in [-0.2, 0) is 0 Å². The topological polar surface area (TPSA) is 0 Å². The molecule has 1 heterocycles. The normalized spacial score (nSPS) is 37.9. The van der Waals surface area contributed by atoms with Crippen molar-refractivity contribution < 1.29 is 8.30 Å². The molecule has 100 valence electrons. The SMILES string of the molecule is C[N+]1(C)CC[N+](C)(C)[Si-2]1(Cl)(Cl)(Cl)[Si](Cl)(Cl)Cl. The second-order valence-corrected chi connectivity index (χ2v) is 40.0. The van der Waals surface area contributed by atoms with Gasteiger partial charge in [-0.15, -0.1) is 0 Å². The number of likely N-dealkylation sites (N-methyl/N-ethyl adjacent to an activating group) is 2. The Hall–Kier alpha value is 2.09. The molecule has 1 aliphatic heterocycles. The van der Waals surface area contributed by atoms with Gasteiger partial charge in [-0.3, -0.25) is 0 Å². The molecule has 0 aromatic heterocycles. The number of rotatable bonds is 1. The molecule has 1 fully saturated rings. The van der Waals surface area contributed by atoms with Crippen molar-refractivity contribution in [1.82, 2.24) is 0 Å². The van der Waals surface area contributed by atoms with Gasteiger partial charge in [0.05, 0.1) is 0 Å². The molecule has 0 saturated carbocycles. The van der Waals surface area contributed by atoms with Crippen LogP contribution in [0.2, 0.25) is 0 Å². The maximum atomic E-state index is 6.84. The molecule has 0 amide bonds. The van der Waals surface area contributed by atoms with Crippen LogP contribution in [0.25, 0.3) is 0 Å². The average Bonchev–Trinajstić information content (AvgIpc) is 2.06. The molecule has 0 bridgehead atoms. The molecule has 0 aromatic carbocycles. The summed E-state index contributed by atoms with van der Waals surface area (Å²) < 4.78 is -4.63. The zero-order valence-electron chi connectivity index (χ0n) is 9.58. The monoisotopic (exact) mass is 382 g/mol. The number of hydrogen-bond acceptors (Lipinski definition) is 0. The van der Waals surface area contributed by atoms with Gasteiger partial charge in [-0.25, -0.2) is 0 Å². The van der Waals surface area contributed by atoms with Crippen molar-refractivity contribution in [1.29, 1.82) is 0 Å². The Morgan fingerprint density at radius 2 is 1.06 bits per heavy atom. The Balaban J connectivity index is 3.81. The van der Waals surface area contributed by atoms with Gasteiger partial charge in [0, 0.05) is 0 Å². The molecule has 1 saturated heterocycles.